The van der Waals surface area contributed by atoms with Gasteiger partial charge in [-0.25, -0.2) is 4.79 Å². The van der Waals surface area contributed by atoms with Gasteiger partial charge in [0.25, 0.3) is 5.56 Å². The summed E-state index contributed by atoms with van der Waals surface area (Å²) in [5.41, 5.74) is -1.01. The van der Waals surface area contributed by atoms with Gasteiger partial charge in [-0.05, 0) is 25.7 Å². The minimum atomic E-state index is -0.439. The summed E-state index contributed by atoms with van der Waals surface area (Å²) in [7, 11) is 0. The van der Waals surface area contributed by atoms with Gasteiger partial charge in [0.15, 0.2) is 0 Å². The van der Waals surface area contributed by atoms with E-state index in [1.165, 1.54) is 10.6 Å². The van der Waals surface area contributed by atoms with Crippen LogP contribution in [0.1, 0.15) is 45.6 Å². The number of nitrogens with zero attached hydrogens (tertiary/aromatic N) is 1. The van der Waals surface area contributed by atoms with Crippen LogP contribution in [-0.2, 0) is 4.74 Å². The summed E-state index contributed by atoms with van der Waals surface area (Å²) in [6.07, 6.45) is 3.11. The Labute approximate surface area is 116 Å². The highest BCUT2D eigenvalue weighted by atomic mass is 35.5. The quantitative estimate of drug-likeness (QED) is 0.866. The molecule has 0 radical (unpaired) electrons. The zero-order valence-electron chi connectivity index (χ0n) is 11.2. The predicted molar refractivity (Wildman–Crippen MR) is 73.9 cm³/mol. The van der Waals surface area contributed by atoms with Crippen molar-refractivity contribution in [1.29, 1.82) is 0 Å². The summed E-state index contributed by atoms with van der Waals surface area (Å²) in [4.78, 5) is 26.4. The Morgan fingerprint density at radius 2 is 2.16 bits per heavy atom. The van der Waals surface area contributed by atoms with Crippen LogP contribution in [0.25, 0.3) is 0 Å². The van der Waals surface area contributed by atoms with Crippen LogP contribution in [0.5, 0.6) is 0 Å². The summed E-state index contributed by atoms with van der Waals surface area (Å²) in [6, 6.07) is 1.13. The van der Waals surface area contributed by atoms with Crippen LogP contribution in [0.4, 0.5) is 0 Å². The fraction of sp³-hybridized carbons (Fsp3) is 0.692. The lowest BCUT2D eigenvalue weighted by molar-refractivity contribution is -0.0995. The molecule has 1 aliphatic rings. The predicted octanol–water partition coefficient (Wildman–Crippen LogP) is 2.10. The fourth-order valence-electron chi connectivity index (χ4n) is 2.79. The van der Waals surface area contributed by atoms with Gasteiger partial charge in [0.05, 0.1) is 5.60 Å². The average molecular weight is 287 g/mol. The zero-order chi connectivity index (χ0) is 14.0. The van der Waals surface area contributed by atoms with E-state index in [4.69, 9.17) is 16.3 Å². The number of nitrogens with one attached hydrogen (secondary N) is 1. The highest BCUT2D eigenvalue weighted by Crippen LogP contribution is 2.35. The lowest BCUT2D eigenvalue weighted by Gasteiger charge is -2.40. The Morgan fingerprint density at radius 3 is 2.74 bits per heavy atom. The van der Waals surface area contributed by atoms with Crippen LogP contribution in [0.15, 0.2) is 15.7 Å². The first-order chi connectivity index (χ1) is 9.01. The first kappa shape index (κ1) is 14.3. The lowest BCUT2D eigenvalue weighted by Crippen LogP contribution is -2.45. The third-order valence-electron chi connectivity index (χ3n) is 4.05. The Morgan fingerprint density at radius 1 is 1.47 bits per heavy atom. The van der Waals surface area contributed by atoms with Gasteiger partial charge < -0.3 is 4.74 Å². The van der Waals surface area contributed by atoms with Crippen LogP contribution < -0.4 is 11.2 Å². The smallest absolute Gasteiger partial charge is 0.329 e. The van der Waals surface area contributed by atoms with Crippen molar-refractivity contribution in [3.05, 3.63) is 32.1 Å². The van der Waals surface area contributed by atoms with E-state index in [2.05, 4.69) is 18.8 Å². The van der Waals surface area contributed by atoms with Crippen molar-refractivity contribution >= 4 is 11.6 Å². The van der Waals surface area contributed by atoms with Crippen molar-refractivity contribution in [2.45, 2.75) is 51.2 Å². The third kappa shape index (κ3) is 2.77. The molecule has 0 saturated carbocycles. The molecule has 0 bridgehead atoms. The molecule has 19 heavy (non-hydrogen) atoms. The van der Waals surface area contributed by atoms with Gasteiger partial charge in [-0.2, -0.15) is 0 Å². The Kier molecular flexibility index (Phi) is 4.16. The van der Waals surface area contributed by atoms with Gasteiger partial charge in [0.1, 0.15) is 5.15 Å². The Bertz CT molecular complexity index is 528. The molecule has 0 amide bonds. The summed E-state index contributed by atoms with van der Waals surface area (Å²) in [5, 5.41) is 0.0792. The number of hydrogen-bond donors (Lipinski definition) is 1. The van der Waals surface area contributed by atoms with Gasteiger partial charge in [-0.3, -0.25) is 14.3 Å². The molecule has 0 spiro atoms. The number of H-pyrrole nitrogens is 1. The topological polar surface area (TPSA) is 64.1 Å². The molecular formula is C13H19ClN2O3. The third-order valence-corrected chi connectivity index (χ3v) is 4.26. The number of aromatic amines is 1. The van der Waals surface area contributed by atoms with E-state index in [9.17, 15) is 9.59 Å². The van der Waals surface area contributed by atoms with Gasteiger partial charge in [0, 0.05) is 18.7 Å². The van der Waals surface area contributed by atoms with Gasteiger partial charge >= 0.3 is 5.69 Å². The molecule has 1 fully saturated rings. The molecule has 1 aromatic rings. The first-order valence-electron chi connectivity index (χ1n) is 6.66. The average Bonchev–Trinajstić information content (AvgIpc) is 2.37. The van der Waals surface area contributed by atoms with Crippen molar-refractivity contribution in [2.24, 2.45) is 0 Å². The van der Waals surface area contributed by atoms with E-state index in [1.54, 1.807) is 0 Å². The number of ether oxygens (including phenoxy) is 1. The van der Waals surface area contributed by atoms with E-state index in [0.29, 0.717) is 19.4 Å². The maximum absolute atomic E-state index is 12.0. The van der Waals surface area contributed by atoms with Crippen molar-refractivity contribution < 1.29 is 4.74 Å². The molecule has 2 rings (SSSR count). The van der Waals surface area contributed by atoms with E-state index >= 15 is 0 Å². The highest BCUT2D eigenvalue weighted by Gasteiger charge is 2.36. The maximum atomic E-state index is 12.0. The molecule has 1 aromatic heterocycles. The minimum Gasteiger partial charge on any atom is -0.375 e. The molecule has 106 valence electrons. The number of halogens is 1. The van der Waals surface area contributed by atoms with E-state index < -0.39 is 5.69 Å². The molecule has 0 aromatic carbocycles. The molecule has 1 N–H and O–H groups in total. The molecule has 1 saturated heterocycles. The van der Waals surface area contributed by atoms with Crippen molar-refractivity contribution in [2.75, 3.05) is 6.61 Å². The monoisotopic (exact) mass is 286 g/mol. The van der Waals surface area contributed by atoms with Crippen LogP contribution in [0.2, 0.25) is 5.15 Å². The summed E-state index contributed by atoms with van der Waals surface area (Å²) < 4.78 is 7.14. The van der Waals surface area contributed by atoms with Crippen LogP contribution in [0.3, 0.4) is 0 Å². The molecule has 1 unspecified atom stereocenters. The summed E-state index contributed by atoms with van der Waals surface area (Å²) in [5.74, 6) is 0. The Hall–Kier alpha value is -1.07. The van der Waals surface area contributed by atoms with Crippen LogP contribution in [0, 0.1) is 0 Å². The standard InChI is InChI=1S/C13H19ClN2O3/c1-3-13(4-2)8-9(5-6-19-13)16-11(17)7-10(14)15-12(16)18/h7,9H,3-6,8H2,1-2H3,(H,15,18). The first-order valence-corrected chi connectivity index (χ1v) is 7.04. The number of aromatic nitrogens is 2. The zero-order valence-corrected chi connectivity index (χ0v) is 12.0. The molecule has 5 nitrogen and oxygen atoms in total. The fourth-order valence-corrected chi connectivity index (χ4v) is 2.96. The van der Waals surface area contributed by atoms with Gasteiger partial charge in [-0.15, -0.1) is 0 Å². The van der Waals surface area contributed by atoms with E-state index in [-0.39, 0.29) is 22.4 Å². The molecule has 2 heterocycles. The molecule has 6 heteroatoms. The van der Waals surface area contributed by atoms with Crippen molar-refractivity contribution in [3.63, 3.8) is 0 Å². The molecule has 1 atom stereocenters. The SMILES string of the molecule is CCC1(CC)CC(n2c(=O)cc(Cl)[nH]c2=O)CCO1. The highest BCUT2D eigenvalue weighted by molar-refractivity contribution is 6.29. The van der Waals surface area contributed by atoms with Crippen molar-refractivity contribution in [3.8, 4) is 0 Å². The van der Waals surface area contributed by atoms with Crippen molar-refractivity contribution in [1.82, 2.24) is 9.55 Å². The van der Waals surface area contributed by atoms with E-state index in [0.717, 1.165) is 12.8 Å². The second-order valence-electron chi connectivity index (χ2n) is 5.02. The largest absolute Gasteiger partial charge is 0.375 e. The number of hydrogen-bond acceptors (Lipinski definition) is 3. The molecule has 1 aliphatic heterocycles. The molecule has 0 aliphatic carbocycles. The van der Waals surface area contributed by atoms with Gasteiger partial charge in [0.2, 0.25) is 0 Å². The van der Waals surface area contributed by atoms with E-state index in [1.807, 2.05) is 0 Å². The maximum Gasteiger partial charge on any atom is 0.329 e. The summed E-state index contributed by atoms with van der Waals surface area (Å²) in [6.45, 7) is 4.71. The number of rotatable bonds is 3. The van der Waals surface area contributed by atoms with Crippen LogP contribution >= 0.6 is 11.6 Å². The second kappa shape index (κ2) is 5.51. The Balaban J connectivity index is 2.38. The normalized spacial score (nSPS) is 22.4. The lowest BCUT2D eigenvalue weighted by atomic mass is 9.86. The minimum absolute atomic E-state index is 0.0792. The van der Waals surface area contributed by atoms with Gasteiger partial charge in [-0.1, -0.05) is 25.4 Å². The second-order valence-corrected chi connectivity index (χ2v) is 5.42. The summed E-state index contributed by atoms with van der Waals surface area (Å²) >= 11 is 5.68. The molecular weight excluding hydrogens is 268 g/mol. The van der Waals surface area contributed by atoms with Crippen LogP contribution in [-0.4, -0.2) is 21.8 Å².